The highest BCUT2D eigenvalue weighted by Crippen LogP contribution is 2.24. The zero-order chi connectivity index (χ0) is 21.4. The van der Waals surface area contributed by atoms with Gasteiger partial charge in [-0.15, -0.1) is 0 Å². The number of benzene rings is 2. The first-order chi connectivity index (χ1) is 14.3. The van der Waals surface area contributed by atoms with Gasteiger partial charge in [-0.3, -0.25) is 14.2 Å². The van der Waals surface area contributed by atoms with Gasteiger partial charge in [-0.1, -0.05) is 23.8 Å². The maximum Gasteiger partial charge on any atom is 0.252 e. The Hall–Kier alpha value is -3.74. The number of pyridine rings is 1. The predicted molar refractivity (Wildman–Crippen MR) is 115 cm³/mol. The minimum atomic E-state index is -0.410. The molecule has 0 radical (unpaired) electrons. The molecule has 1 N–H and O–H groups in total. The summed E-state index contributed by atoms with van der Waals surface area (Å²) in [7, 11) is 0. The lowest BCUT2D eigenvalue weighted by Gasteiger charge is -2.13. The molecule has 0 aliphatic heterocycles. The van der Waals surface area contributed by atoms with E-state index in [9.17, 15) is 14.0 Å². The number of hydrogen-bond acceptors (Lipinski definition) is 3. The van der Waals surface area contributed by atoms with Crippen molar-refractivity contribution in [2.75, 3.05) is 5.32 Å². The normalized spacial score (nSPS) is 11.1. The number of hydrogen-bond donors (Lipinski definition) is 1. The lowest BCUT2D eigenvalue weighted by Crippen LogP contribution is -2.29. The quantitative estimate of drug-likeness (QED) is 0.561. The highest BCUT2D eigenvalue weighted by Gasteiger charge is 2.19. The second kappa shape index (κ2) is 7.59. The molecule has 0 fully saturated rings. The average Bonchev–Trinajstić information content (AvgIpc) is 3.04. The van der Waals surface area contributed by atoms with E-state index in [4.69, 9.17) is 0 Å². The summed E-state index contributed by atoms with van der Waals surface area (Å²) in [4.78, 5) is 25.5. The van der Waals surface area contributed by atoms with Crippen LogP contribution < -0.4 is 10.9 Å². The molecular weight excluding hydrogens is 383 g/mol. The van der Waals surface area contributed by atoms with Crippen molar-refractivity contribution >= 4 is 22.6 Å². The smallest absolute Gasteiger partial charge is 0.252 e. The summed E-state index contributed by atoms with van der Waals surface area (Å²) in [5.41, 5.74) is 3.80. The van der Waals surface area contributed by atoms with Crippen molar-refractivity contribution in [1.29, 1.82) is 0 Å². The maximum atomic E-state index is 13.8. The monoisotopic (exact) mass is 404 g/mol. The first-order valence-electron chi connectivity index (χ1n) is 9.56. The summed E-state index contributed by atoms with van der Waals surface area (Å²) < 4.78 is 16.7. The Morgan fingerprint density at radius 3 is 2.50 bits per heavy atom. The molecule has 1 amide bonds. The summed E-state index contributed by atoms with van der Waals surface area (Å²) >= 11 is 0. The second-order valence-electron chi connectivity index (χ2n) is 7.34. The molecule has 0 saturated heterocycles. The number of nitrogens with one attached hydrogen (secondary N) is 1. The van der Waals surface area contributed by atoms with E-state index in [1.54, 1.807) is 12.1 Å². The van der Waals surface area contributed by atoms with Crippen molar-refractivity contribution in [2.45, 2.75) is 27.3 Å². The summed E-state index contributed by atoms with van der Waals surface area (Å²) in [6.07, 6.45) is 0. The SMILES string of the molecule is Cc1ccc(NC(=O)Cn2c(=O)cc(C)c3c(C)nn(-c4cccc(F)c4)c32)cc1. The molecule has 0 bridgehead atoms. The number of aryl methyl sites for hydroxylation is 3. The third-order valence-corrected chi connectivity index (χ3v) is 4.98. The summed E-state index contributed by atoms with van der Waals surface area (Å²) in [5.74, 6) is -0.747. The standard InChI is InChI=1S/C23H21FN4O2/c1-14-7-9-18(10-8-14)25-20(29)13-27-21(30)11-15(2)22-16(3)26-28(23(22)27)19-6-4-5-17(24)12-19/h4-12H,13H2,1-3H3,(H,25,29). The molecule has 4 aromatic rings. The Morgan fingerprint density at radius 1 is 1.07 bits per heavy atom. The van der Waals surface area contributed by atoms with E-state index in [-0.39, 0.29) is 18.0 Å². The maximum absolute atomic E-state index is 13.8. The topological polar surface area (TPSA) is 68.9 Å². The van der Waals surface area contributed by atoms with Crippen LogP contribution in [0.1, 0.15) is 16.8 Å². The van der Waals surface area contributed by atoms with E-state index < -0.39 is 5.82 Å². The number of rotatable bonds is 4. The van der Waals surface area contributed by atoms with Gasteiger partial charge >= 0.3 is 0 Å². The molecule has 2 heterocycles. The zero-order valence-corrected chi connectivity index (χ0v) is 16.9. The van der Waals surface area contributed by atoms with Gasteiger partial charge in [0.2, 0.25) is 5.91 Å². The van der Waals surface area contributed by atoms with Crippen LogP contribution in [0.5, 0.6) is 0 Å². The van der Waals surface area contributed by atoms with Crippen molar-refractivity contribution in [3.05, 3.63) is 87.6 Å². The van der Waals surface area contributed by atoms with Gasteiger partial charge in [-0.05, 0) is 56.7 Å². The number of aromatic nitrogens is 3. The molecule has 6 nitrogen and oxygen atoms in total. The average molecular weight is 404 g/mol. The molecule has 2 aromatic heterocycles. The lowest BCUT2D eigenvalue weighted by atomic mass is 10.1. The van der Waals surface area contributed by atoms with Crippen molar-refractivity contribution in [1.82, 2.24) is 14.3 Å². The van der Waals surface area contributed by atoms with E-state index >= 15 is 0 Å². The van der Waals surface area contributed by atoms with Crippen molar-refractivity contribution in [3.8, 4) is 5.69 Å². The van der Waals surface area contributed by atoms with Crippen molar-refractivity contribution < 1.29 is 9.18 Å². The fourth-order valence-electron chi connectivity index (χ4n) is 3.59. The Morgan fingerprint density at radius 2 is 1.80 bits per heavy atom. The van der Waals surface area contributed by atoms with Crippen LogP contribution in [-0.4, -0.2) is 20.3 Å². The molecule has 7 heteroatoms. The highest BCUT2D eigenvalue weighted by molar-refractivity contribution is 5.92. The van der Waals surface area contributed by atoms with Gasteiger partial charge < -0.3 is 5.32 Å². The van der Waals surface area contributed by atoms with E-state index in [2.05, 4.69) is 10.4 Å². The van der Waals surface area contributed by atoms with Gasteiger partial charge in [-0.2, -0.15) is 5.10 Å². The van der Waals surface area contributed by atoms with E-state index in [0.29, 0.717) is 22.7 Å². The third-order valence-electron chi connectivity index (χ3n) is 4.98. The van der Waals surface area contributed by atoms with Crippen LogP contribution >= 0.6 is 0 Å². The number of amides is 1. The van der Waals surface area contributed by atoms with Gasteiger partial charge in [0.1, 0.15) is 18.0 Å². The van der Waals surface area contributed by atoms with Gasteiger partial charge in [-0.25, -0.2) is 9.07 Å². The first-order valence-corrected chi connectivity index (χ1v) is 9.56. The van der Waals surface area contributed by atoms with Gasteiger partial charge in [0.05, 0.1) is 11.4 Å². The molecule has 0 aliphatic rings. The largest absolute Gasteiger partial charge is 0.325 e. The summed E-state index contributed by atoms with van der Waals surface area (Å²) in [5, 5.41) is 8.10. The molecule has 0 unspecified atom stereocenters. The molecule has 4 rings (SSSR count). The van der Waals surface area contributed by atoms with Crippen LogP contribution in [0.4, 0.5) is 10.1 Å². The number of fused-ring (bicyclic) bond motifs is 1. The second-order valence-corrected chi connectivity index (χ2v) is 7.34. The molecule has 2 aromatic carbocycles. The molecule has 0 aliphatic carbocycles. The molecule has 30 heavy (non-hydrogen) atoms. The van der Waals surface area contributed by atoms with Gasteiger partial charge in [0.15, 0.2) is 0 Å². The first kappa shape index (κ1) is 19.6. The fraction of sp³-hybridized carbons (Fsp3) is 0.174. The van der Waals surface area contributed by atoms with Crippen molar-refractivity contribution in [2.24, 2.45) is 0 Å². The minimum absolute atomic E-state index is 0.191. The fourth-order valence-corrected chi connectivity index (χ4v) is 3.59. The molecular formula is C23H21FN4O2. The van der Waals surface area contributed by atoms with Crippen LogP contribution in [0.3, 0.4) is 0 Å². The summed E-state index contributed by atoms with van der Waals surface area (Å²) in [6, 6.07) is 14.9. The Labute approximate surface area is 172 Å². The van der Waals surface area contributed by atoms with E-state index in [0.717, 1.165) is 16.5 Å². The van der Waals surface area contributed by atoms with Crippen LogP contribution in [0, 0.1) is 26.6 Å². The number of halogens is 1. The van der Waals surface area contributed by atoms with Crippen LogP contribution in [0.25, 0.3) is 16.7 Å². The predicted octanol–water partition coefficient (Wildman–Crippen LogP) is 3.89. The molecule has 0 saturated carbocycles. The minimum Gasteiger partial charge on any atom is -0.325 e. The van der Waals surface area contributed by atoms with Crippen molar-refractivity contribution in [3.63, 3.8) is 0 Å². The number of anilines is 1. The third kappa shape index (κ3) is 3.61. The molecule has 0 atom stereocenters. The van der Waals surface area contributed by atoms with Crippen LogP contribution in [-0.2, 0) is 11.3 Å². The van der Waals surface area contributed by atoms with Gasteiger partial charge in [0, 0.05) is 17.1 Å². The highest BCUT2D eigenvalue weighted by atomic mass is 19.1. The van der Waals surface area contributed by atoms with E-state index in [1.807, 2.05) is 45.0 Å². The molecule has 152 valence electrons. The van der Waals surface area contributed by atoms with E-state index in [1.165, 1.54) is 27.4 Å². The van der Waals surface area contributed by atoms with Crippen LogP contribution in [0.2, 0.25) is 0 Å². The number of carbonyl (C=O) groups excluding carboxylic acids is 1. The Bertz CT molecular complexity index is 1320. The Kier molecular flexibility index (Phi) is 4.95. The van der Waals surface area contributed by atoms with Crippen LogP contribution in [0.15, 0.2) is 59.4 Å². The van der Waals surface area contributed by atoms with Gasteiger partial charge in [0.25, 0.3) is 5.56 Å². The summed E-state index contributed by atoms with van der Waals surface area (Å²) in [6.45, 7) is 5.42. The number of carbonyl (C=O) groups is 1. The molecule has 0 spiro atoms. The lowest BCUT2D eigenvalue weighted by molar-refractivity contribution is -0.116. The Balaban J connectivity index is 1.82. The number of nitrogens with zero attached hydrogens (tertiary/aromatic N) is 3. The zero-order valence-electron chi connectivity index (χ0n) is 16.9.